The third kappa shape index (κ3) is 3.73. The highest BCUT2D eigenvalue weighted by molar-refractivity contribution is 5.90. The second-order valence-electron chi connectivity index (χ2n) is 3.28. The predicted octanol–water partition coefficient (Wildman–Crippen LogP) is 2.08. The summed E-state index contributed by atoms with van der Waals surface area (Å²) in [7, 11) is 0. The van der Waals surface area contributed by atoms with E-state index in [1.807, 2.05) is 6.92 Å². The fourth-order valence-electron chi connectivity index (χ4n) is 1.12. The monoisotopic (exact) mass is 223 g/mol. The second kappa shape index (κ2) is 5.90. The fraction of sp³-hybridized carbons (Fsp3) is 0.250. The Hall–Kier alpha value is -1.84. The topological polar surface area (TPSA) is 52.3 Å². The van der Waals surface area contributed by atoms with Gasteiger partial charge in [-0.2, -0.15) is 0 Å². The van der Waals surface area contributed by atoms with Gasteiger partial charge in [0, 0.05) is 17.3 Å². The van der Waals surface area contributed by atoms with Crippen LogP contribution >= 0.6 is 0 Å². The van der Waals surface area contributed by atoms with Gasteiger partial charge in [-0.25, -0.2) is 9.18 Å². The molecule has 0 atom stereocenters. The van der Waals surface area contributed by atoms with Crippen LogP contribution in [0.2, 0.25) is 0 Å². The van der Waals surface area contributed by atoms with Crippen LogP contribution in [0.1, 0.15) is 18.9 Å². The average molecular weight is 223 g/mol. The van der Waals surface area contributed by atoms with Crippen molar-refractivity contribution in [3.63, 3.8) is 0 Å². The summed E-state index contributed by atoms with van der Waals surface area (Å²) < 4.78 is 17.7. The van der Waals surface area contributed by atoms with Gasteiger partial charge in [-0.1, -0.05) is 19.1 Å². The second-order valence-corrected chi connectivity index (χ2v) is 3.28. The SMILES string of the molecule is CCCOC(=O)/C=C(\N)c1cccc(F)c1. The molecule has 0 bridgehead atoms. The van der Waals surface area contributed by atoms with Gasteiger partial charge >= 0.3 is 5.97 Å². The van der Waals surface area contributed by atoms with E-state index in [0.717, 1.165) is 12.5 Å². The molecule has 1 aromatic carbocycles. The molecule has 0 saturated heterocycles. The van der Waals surface area contributed by atoms with Crippen LogP contribution < -0.4 is 5.73 Å². The first-order valence-electron chi connectivity index (χ1n) is 5.03. The van der Waals surface area contributed by atoms with E-state index in [1.165, 1.54) is 18.2 Å². The van der Waals surface area contributed by atoms with Crippen LogP contribution in [0.15, 0.2) is 30.3 Å². The Balaban J connectivity index is 2.73. The van der Waals surface area contributed by atoms with Crippen LogP contribution in [0.3, 0.4) is 0 Å². The summed E-state index contributed by atoms with van der Waals surface area (Å²) in [6, 6.07) is 5.73. The summed E-state index contributed by atoms with van der Waals surface area (Å²) in [6.45, 7) is 2.25. The van der Waals surface area contributed by atoms with Crippen LogP contribution in [-0.2, 0) is 9.53 Å². The molecule has 0 aliphatic heterocycles. The smallest absolute Gasteiger partial charge is 0.332 e. The molecule has 0 saturated carbocycles. The molecular formula is C12H14FNO2. The maximum absolute atomic E-state index is 12.9. The van der Waals surface area contributed by atoms with Gasteiger partial charge in [0.25, 0.3) is 0 Å². The molecule has 0 spiro atoms. The summed E-state index contributed by atoms with van der Waals surface area (Å²) in [5.41, 5.74) is 6.29. The largest absolute Gasteiger partial charge is 0.462 e. The highest BCUT2D eigenvalue weighted by Crippen LogP contribution is 2.10. The molecule has 0 unspecified atom stereocenters. The Morgan fingerprint density at radius 3 is 2.94 bits per heavy atom. The lowest BCUT2D eigenvalue weighted by atomic mass is 10.1. The molecule has 86 valence electrons. The van der Waals surface area contributed by atoms with Gasteiger partial charge in [-0.15, -0.1) is 0 Å². The van der Waals surface area contributed by atoms with Crippen molar-refractivity contribution in [2.75, 3.05) is 6.61 Å². The van der Waals surface area contributed by atoms with Gasteiger partial charge in [-0.3, -0.25) is 0 Å². The van der Waals surface area contributed by atoms with Gasteiger partial charge < -0.3 is 10.5 Å². The fourth-order valence-corrected chi connectivity index (χ4v) is 1.12. The van der Waals surface area contributed by atoms with Crippen LogP contribution in [0, 0.1) is 5.82 Å². The molecule has 3 nitrogen and oxygen atoms in total. The third-order valence-electron chi connectivity index (χ3n) is 1.88. The number of ether oxygens (including phenoxy) is 1. The number of hydrogen-bond acceptors (Lipinski definition) is 3. The molecule has 1 aromatic rings. The summed E-state index contributed by atoms with van der Waals surface area (Å²) in [4.78, 5) is 11.2. The first kappa shape index (κ1) is 12.2. The summed E-state index contributed by atoms with van der Waals surface area (Å²) in [5, 5.41) is 0. The highest BCUT2D eigenvalue weighted by atomic mass is 19.1. The molecule has 0 amide bonds. The maximum atomic E-state index is 12.9. The minimum absolute atomic E-state index is 0.195. The lowest BCUT2D eigenvalue weighted by Crippen LogP contribution is -2.06. The van der Waals surface area contributed by atoms with E-state index in [1.54, 1.807) is 6.07 Å². The lowest BCUT2D eigenvalue weighted by Gasteiger charge is -2.02. The van der Waals surface area contributed by atoms with E-state index in [2.05, 4.69) is 0 Å². The number of hydrogen-bond donors (Lipinski definition) is 1. The Morgan fingerprint density at radius 2 is 2.31 bits per heavy atom. The van der Waals surface area contributed by atoms with E-state index >= 15 is 0 Å². The van der Waals surface area contributed by atoms with Gasteiger partial charge in [0.1, 0.15) is 5.82 Å². The minimum atomic E-state index is -0.511. The van der Waals surface area contributed by atoms with Crippen LogP contribution in [0.25, 0.3) is 5.70 Å². The van der Waals surface area contributed by atoms with E-state index in [-0.39, 0.29) is 5.70 Å². The Kier molecular flexibility index (Phi) is 4.51. The summed E-state index contributed by atoms with van der Waals surface area (Å²) in [6.07, 6.45) is 1.91. The third-order valence-corrected chi connectivity index (χ3v) is 1.88. The predicted molar refractivity (Wildman–Crippen MR) is 59.8 cm³/mol. The standard InChI is InChI=1S/C12H14FNO2/c1-2-6-16-12(15)8-11(14)9-4-3-5-10(13)7-9/h3-5,7-8H,2,6,14H2,1H3/b11-8-. The van der Waals surface area contributed by atoms with Gasteiger partial charge in [-0.05, 0) is 18.6 Å². The number of rotatable bonds is 4. The van der Waals surface area contributed by atoms with Crippen molar-refractivity contribution >= 4 is 11.7 Å². The molecule has 0 aliphatic carbocycles. The molecule has 1 rings (SSSR count). The zero-order valence-electron chi connectivity index (χ0n) is 9.07. The molecule has 0 heterocycles. The zero-order valence-corrected chi connectivity index (χ0v) is 9.07. The van der Waals surface area contributed by atoms with Crippen molar-refractivity contribution in [3.8, 4) is 0 Å². The first-order valence-corrected chi connectivity index (χ1v) is 5.03. The van der Waals surface area contributed by atoms with E-state index in [0.29, 0.717) is 12.2 Å². The number of nitrogens with two attached hydrogens (primary N) is 1. The van der Waals surface area contributed by atoms with Crippen molar-refractivity contribution < 1.29 is 13.9 Å². The van der Waals surface area contributed by atoms with Gasteiger partial charge in [0.2, 0.25) is 0 Å². The molecular weight excluding hydrogens is 209 g/mol. The molecule has 0 radical (unpaired) electrons. The van der Waals surface area contributed by atoms with Crippen LogP contribution in [0.5, 0.6) is 0 Å². The quantitative estimate of drug-likeness (QED) is 0.628. The number of carbonyl (C=O) groups excluding carboxylic acids is 1. The maximum Gasteiger partial charge on any atom is 0.332 e. The molecule has 2 N–H and O–H groups in total. The van der Waals surface area contributed by atoms with E-state index in [9.17, 15) is 9.18 Å². The minimum Gasteiger partial charge on any atom is -0.462 e. The summed E-state index contributed by atoms with van der Waals surface area (Å²) in [5.74, 6) is -0.903. The zero-order chi connectivity index (χ0) is 12.0. The number of esters is 1. The number of carbonyl (C=O) groups is 1. The van der Waals surface area contributed by atoms with Gasteiger partial charge in [0.05, 0.1) is 6.61 Å². The molecule has 0 aromatic heterocycles. The van der Waals surface area contributed by atoms with E-state index in [4.69, 9.17) is 10.5 Å². The molecule has 4 heteroatoms. The van der Waals surface area contributed by atoms with Crippen LogP contribution in [0.4, 0.5) is 4.39 Å². The van der Waals surface area contributed by atoms with Gasteiger partial charge in [0.15, 0.2) is 0 Å². The van der Waals surface area contributed by atoms with Crippen molar-refractivity contribution in [2.24, 2.45) is 5.73 Å². The van der Waals surface area contributed by atoms with Crippen LogP contribution in [-0.4, -0.2) is 12.6 Å². The first-order chi connectivity index (χ1) is 7.63. The van der Waals surface area contributed by atoms with E-state index < -0.39 is 11.8 Å². The Morgan fingerprint density at radius 1 is 1.56 bits per heavy atom. The Labute approximate surface area is 93.7 Å². The molecule has 0 aliphatic rings. The average Bonchev–Trinajstić information content (AvgIpc) is 2.26. The summed E-state index contributed by atoms with van der Waals surface area (Å²) >= 11 is 0. The Bertz CT molecular complexity index is 402. The molecule has 16 heavy (non-hydrogen) atoms. The highest BCUT2D eigenvalue weighted by Gasteiger charge is 2.02. The van der Waals surface area contributed by atoms with Crippen molar-refractivity contribution in [1.29, 1.82) is 0 Å². The lowest BCUT2D eigenvalue weighted by molar-refractivity contribution is -0.137. The number of benzene rings is 1. The van der Waals surface area contributed by atoms with Crippen molar-refractivity contribution in [1.82, 2.24) is 0 Å². The normalized spacial score (nSPS) is 11.2. The van der Waals surface area contributed by atoms with Crippen molar-refractivity contribution in [2.45, 2.75) is 13.3 Å². The number of halogens is 1. The van der Waals surface area contributed by atoms with Crippen molar-refractivity contribution in [3.05, 3.63) is 41.7 Å². The molecule has 0 fully saturated rings.